The molecule has 0 unspecified atom stereocenters. The highest BCUT2D eigenvalue weighted by molar-refractivity contribution is 5.26. The Labute approximate surface area is 685 Å². The predicted octanol–water partition coefficient (Wildman–Crippen LogP) is 13.7. The Hall–Kier alpha value is -3.76. The highest BCUT2D eigenvalue weighted by atomic mass is 15.1. The summed E-state index contributed by atoms with van der Waals surface area (Å²) >= 11 is 0. The summed E-state index contributed by atoms with van der Waals surface area (Å²) in [6, 6.07) is 44.4. The minimum Gasteiger partial charge on any atom is -0.311 e. The van der Waals surface area contributed by atoms with E-state index in [2.05, 4.69) is 293 Å². The summed E-state index contributed by atoms with van der Waals surface area (Å²) in [4.78, 5) is 0. The third-order valence-electron chi connectivity index (χ3n) is 26.9. The molecule has 0 saturated heterocycles. The van der Waals surface area contributed by atoms with Crippen molar-refractivity contribution >= 4 is 0 Å². The Kier molecular flexibility index (Phi) is 40.8. The third kappa shape index (κ3) is 31.8. The highest BCUT2D eigenvalue weighted by Crippen LogP contribution is 2.26. The van der Waals surface area contributed by atoms with E-state index in [1.165, 1.54) is 147 Å². The summed E-state index contributed by atoms with van der Waals surface area (Å²) in [6.45, 7) is 52.8. The second-order valence-corrected chi connectivity index (χ2v) is 38.4. The van der Waals surface area contributed by atoms with Crippen LogP contribution in [0.1, 0.15) is 258 Å². The van der Waals surface area contributed by atoms with Crippen LogP contribution >= 0.6 is 0 Å². The van der Waals surface area contributed by atoms with Gasteiger partial charge in [0.25, 0.3) is 0 Å². The first kappa shape index (κ1) is 92.1. The molecule has 16 atom stereocenters. The van der Waals surface area contributed by atoms with Crippen LogP contribution in [0.3, 0.4) is 0 Å². The van der Waals surface area contributed by atoms with E-state index in [0.717, 1.165) is 105 Å². The highest BCUT2D eigenvalue weighted by Gasteiger charge is 2.33. The monoisotopic (exact) mass is 1550 g/mol. The molecule has 0 radical (unpaired) electrons. The molecule has 0 amide bonds. The van der Waals surface area contributed by atoms with Crippen molar-refractivity contribution in [3.05, 3.63) is 142 Å². The number of hydrogen-bond donors (Lipinski definition) is 16. The quantitative estimate of drug-likeness (QED) is 0.0796. The van der Waals surface area contributed by atoms with Gasteiger partial charge in [-0.2, -0.15) is 0 Å². The molecule has 4 saturated carbocycles. The van der Waals surface area contributed by atoms with Gasteiger partial charge in [-0.05, 0) is 143 Å². The third-order valence-corrected chi connectivity index (χ3v) is 26.9. The minimum absolute atomic E-state index is 0.385. The van der Waals surface area contributed by atoms with Crippen molar-refractivity contribution in [1.82, 2.24) is 85.1 Å². The van der Waals surface area contributed by atoms with Crippen molar-refractivity contribution in [1.29, 1.82) is 0 Å². The maximum atomic E-state index is 4.11. The van der Waals surface area contributed by atoms with E-state index in [9.17, 15) is 0 Å². The molecule has 8 bridgehead atoms. The van der Waals surface area contributed by atoms with Crippen molar-refractivity contribution in [3.8, 4) is 0 Å². The fraction of sp³-hybridized carbons (Fsp3) is 0.750. The van der Waals surface area contributed by atoms with Crippen LogP contribution in [-0.2, 0) is 52.4 Å². The molecule has 4 fully saturated rings. The van der Waals surface area contributed by atoms with Crippen LogP contribution in [0.2, 0.25) is 0 Å². The number of nitrogens with one attached hydrogen (secondary N) is 16. The van der Waals surface area contributed by atoms with Crippen LogP contribution < -0.4 is 85.1 Å². The lowest BCUT2D eigenvalue weighted by molar-refractivity contribution is 0.250. The molecule has 0 spiro atoms. The van der Waals surface area contributed by atoms with Crippen LogP contribution in [-0.4, -0.2) is 149 Å². The first-order valence-electron chi connectivity index (χ1n) is 46.2. The van der Waals surface area contributed by atoms with E-state index < -0.39 is 0 Å². The molecule has 4 aromatic rings. The largest absolute Gasteiger partial charge is 0.311 e. The van der Waals surface area contributed by atoms with Crippen LogP contribution in [0.15, 0.2) is 97.1 Å². The topological polar surface area (TPSA) is 192 Å². The van der Waals surface area contributed by atoms with E-state index in [-0.39, 0.29) is 0 Å². The van der Waals surface area contributed by atoms with Gasteiger partial charge in [0.2, 0.25) is 0 Å². The normalized spacial score (nSPS) is 30.5. The number of rotatable bonds is 8. The smallest absolute Gasteiger partial charge is 0.0221 e. The van der Waals surface area contributed by atoms with Crippen molar-refractivity contribution in [2.45, 2.75) is 363 Å². The van der Waals surface area contributed by atoms with Gasteiger partial charge in [-0.25, -0.2) is 0 Å². The number of hydrogen-bond acceptors (Lipinski definition) is 16. The van der Waals surface area contributed by atoms with Crippen LogP contribution in [0.4, 0.5) is 0 Å². The van der Waals surface area contributed by atoms with Crippen molar-refractivity contribution in [3.63, 3.8) is 0 Å². The SMILES string of the molecule is CC(C)[C@@H]1CN[C@@H]2CCCC[C@H]2NC[C@@H](C(C)C)NCc2ccc(cc2)CN[C@H](C(C)C)CN[C@@H]2CCCC[C@H]2NC[C@@H](C(C)C)NCc2ccc(cc2)CN[C@H](C(C)C)CN[C@@H]2CCCC[C@H]2NC[C@@H](C(C)C)NCc2ccc(cc2)CN[C@H](C(C)C)CN[C@@H]2CCCC[C@H]2NC[C@@H](C(C)C)NCc2ccc(cc2)CN1. The maximum absolute atomic E-state index is 4.11. The minimum atomic E-state index is 0.385. The zero-order chi connectivity index (χ0) is 79.7. The summed E-state index contributed by atoms with van der Waals surface area (Å²) in [6.07, 6.45) is 20.2. The average Bonchev–Trinajstić information content (AvgIpc) is 0.876. The van der Waals surface area contributed by atoms with E-state index in [1.807, 2.05) is 0 Å². The Balaban J connectivity index is 0.805. The van der Waals surface area contributed by atoms with Gasteiger partial charge >= 0.3 is 0 Å². The molecule has 0 aromatic heterocycles. The van der Waals surface area contributed by atoms with Crippen molar-refractivity contribution in [2.24, 2.45) is 47.3 Å². The maximum Gasteiger partial charge on any atom is 0.0221 e. The van der Waals surface area contributed by atoms with Gasteiger partial charge < -0.3 is 85.1 Å². The Morgan fingerprint density at radius 1 is 0.161 bits per heavy atom. The summed E-state index contributed by atoms with van der Waals surface area (Å²) in [5.74, 6) is 4.16. The van der Waals surface area contributed by atoms with Crippen molar-refractivity contribution in [2.75, 3.05) is 52.4 Å². The lowest BCUT2D eigenvalue weighted by Crippen LogP contribution is -2.56. The lowest BCUT2D eigenvalue weighted by atomic mass is 9.89. The molecular weight excluding hydrogens is 1380 g/mol. The van der Waals surface area contributed by atoms with Gasteiger partial charge in [0, 0.05) is 201 Å². The van der Waals surface area contributed by atoms with E-state index in [4.69, 9.17) is 0 Å². The molecule has 11 aliphatic rings. The molecule has 632 valence electrons. The molecule has 7 heterocycles. The van der Waals surface area contributed by atoms with Crippen LogP contribution in [0.5, 0.6) is 0 Å². The van der Waals surface area contributed by atoms with E-state index in [0.29, 0.717) is 144 Å². The van der Waals surface area contributed by atoms with E-state index >= 15 is 0 Å². The molecule has 112 heavy (non-hydrogen) atoms. The molecule has 16 nitrogen and oxygen atoms in total. The Bertz CT molecular complexity index is 2480. The van der Waals surface area contributed by atoms with Gasteiger partial charge in [0.05, 0.1) is 0 Å². The van der Waals surface area contributed by atoms with Crippen molar-refractivity contribution < 1.29 is 0 Å². The van der Waals surface area contributed by atoms with Gasteiger partial charge in [-0.1, -0.05) is 259 Å². The molecule has 4 aliphatic carbocycles. The fourth-order valence-corrected chi connectivity index (χ4v) is 18.1. The van der Waals surface area contributed by atoms with Gasteiger partial charge in [0.1, 0.15) is 0 Å². The Morgan fingerprint density at radius 3 is 0.348 bits per heavy atom. The first-order valence-corrected chi connectivity index (χ1v) is 46.2. The lowest BCUT2D eigenvalue weighted by Gasteiger charge is -2.36. The zero-order valence-electron chi connectivity index (χ0n) is 73.7. The molecular formula is C96H168N16. The first-order chi connectivity index (χ1) is 54.1. The molecule has 15 rings (SSSR count). The van der Waals surface area contributed by atoms with Gasteiger partial charge in [-0.15, -0.1) is 0 Å². The summed E-state index contributed by atoms with van der Waals surface area (Å²) in [5, 5.41) is 64.9. The Morgan fingerprint density at radius 2 is 0.259 bits per heavy atom. The molecule has 16 N–H and O–H groups in total. The average molecular weight is 1550 g/mol. The summed E-state index contributed by atoms with van der Waals surface area (Å²) < 4.78 is 0. The van der Waals surface area contributed by atoms with Crippen LogP contribution in [0, 0.1) is 47.3 Å². The fourth-order valence-electron chi connectivity index (χ4n) is 18.1. The molecule has 7 aliphatic heterocycles. The summed E-state index contributed by atoms with van der Waals surface area (Å²) in [7, 11) is 0. The second-order valence-electron chi connectivity index (χ2n) is 38.4. The standard InChI is InChI=1S/C96H168N16/c1-65(2)89-57-105-81-25-17-18-26-82(81)106-58-90(66(3)4)99-51-75-37-39-76(40-38-75)52-100-93(69(9)10)61-109-85-29-21-22-30-86(85)110-62-94(70(11)12)103-55-79-45-47-80(48-46-79)56-104-96(72(15)16)64-112-88-32-24-23-31-87(88)111-63-95(71(13)14)102-54-78-43-41-77(42-44-78)53-101-92(68(7)8)60-108-84-28-20-19-27-83(84)107-59-91(67(5)6)98-50-74-35-33-73(34-36-74)49-97-89/h33-48,65-72,81-112H,17-32,49-64H2,1-16H3/t81-,82-,83-,84-,85-,86-,87-,88-,89+,90+,91+,92+,93+,94+,95+,96+/m1/s1. The molecule has 4 aromatic carbocycles. The summed E-state index contributed by atoms with van der Waals surface area (Å²) in [5.41, 5.74) is 10.8. The predicted molar refractivity (Wildman–Crippen MR) is 478 cm³/mol. The zero-order valence-corrected chi connectivity index (χ0v) is 73.7. The van der Waals surface area contributed by atoms with Crippen LogP contribution in [0.25, 0.3) is 0 Å². The van der Waals surface area contributed by atoms with Gasteiger partial charge in [-0.3, -0.25) is 0 Å². The second kappa shape index (κ2) is 49.6. The number of benzene rings is 4. The molecule has 16 heteroatoms. The van der Waals surface area contributed by atoms with E-state index in [1.54, 1.807) is 0 Å². The van der Waals surface area contributed by atoms with Gasteiger partial charge in [0.15, 0.2) is 0 Å².